The van der Waals surface area contributed by atoms with Crippen molar-refractivity contribution in [3.05, 3.63) is 89.1 Å². The quantitative estimate of drug-likeness (QED) is 0.379. The number of carbonyl (C=O) groups is 1. The monoisotopic (exact) mass is 443 g/mol. The zero-order valence-electron chi connectivity index (χ0n) is 18.4. The van der Waals surface area contributed by atoms with Crippen LogP contribution >= 0.6 is 0 Å². The summed E-state index contributed by atoms with van der Waals surface area (Å²) < 4.78 is 10.8. The van der Waals surface area contributed by atoms with Crippen molar-refractivity contribution in [3.8, 4) is 11.5 Å². The first-order chi connectivity index (χ1) is 16.1. The molecule has 4 aromatic rings. The number of hydrogen-bond acceptors (Lipinski definition) is 5. The lowest BCUT2D eigenvalue weighted by Gasteiger charge is -2.18. The third kappa shape index (κ3) is 4.73. The molecule has 0 aliphatic heterocycles. The fraction of sp³-hybridized carbons (Fsp3) is 0.154. The van der Waals surface area contributed by atoms with Crippen molar-refractivity contribution in [1.82, 2.24) is 15.5 Å². The van der Waals surface area contributed by atoms with Gasteiger partial charge in [0.15, 0.2) is 0 Å². The highest BCUT2D eigenvalue weighted by Crippen LogP contribution is 2.32. The van der Waals surface area contributed by atoms with E-state index in [2.05, 4.69) is 15.5 Å². The van der Waals surface area contributed by atoms with Gasteiger partial charge < -0.3 is 19.9 Å². The summed E-state index contributed by atoms with van der Waals surface area (Å²) >= 11 is 0. The van der Waals surface area contributed by atoms with Crippen LogP contribution in [0.5, 0.6) is 11.5 Å². The average Bonchev–Trinajstić information content (AvgIpc) is 3.29. The Balaban J connectivity index is 1.65. The minimum atomic E-state index is -0.530. The van der Waals surface area contributed by atoms with E-state index in [9.17, 15) is 9.90 Å². The van der Waals surface area contributed by atoms with Gasteiger partial charge in [-0.2, -0.15) is 5.10 Å². The number of hydrogen-bond donors (Lipinski definition) is 3. The number of aliphatic hydroxyl groups is 1. The Morgan fingerprint density at radius 3 is 2.45 bits per heavy atom. The van der Waals surface area contributed by atoms with E-state index in [0.29, 0.717) is 27.9 Å². The number of nitrogens with one attached hydrogen (secondary N) is 2. The number of aromatic nitrogens is 2. The highest BCUT2D eigenvalue weighted by atomic mass is 16.5. The highest BCUT2D eigenvalue weighted by molar-refractivity contribution is 6.05. The van der Waals surface area contributed by atoms with E-state index in [-0.39, 0.29) is 12.5 Å². The predicted octanol–water partition coefficient (Wildman–Crippen LogP) is 4.21. The molecule has 0 aliphatic carbocycles. The fourth-order valence-corrected chi connectivity index (χ4v) is 3.66. The molecule has 0 bridgehead atoms. The molecule has 7 nitrogen and oxygen atoms in total. The van der Waals surface area contributed by atoms with Gasteiger partial charge in [-0.05, 0) is 41.5 Å². The number of methoxy groups -OCH3 is 2. The average molecular weight is 444 g/mol. The van der Waals surface area contributed by atoms with Crippen LogP contribution in [0.3, 0.4) is 0 Å². The van der Waals surface area contributed by atoms with Gasteiger partial charge in [0.2, 0.25) is 0 Å². The second-order valence-corrected chi connectivity index (χ2v) is 7.40. The Kier molecular flexibility index (Phi) is 6.71. The van der Waals surface area contributed by atoms with Crippen LogP contribution in [0.15, 0.2) is 66.7 Å². The van der Waals surface area contributed by atoms with Crippen LogP contribution < -0.4 is 14.8 Å². The molecule has 1 atom stereocenters. The van der Waals surface area contributed by atoms with Gasteiger partial charge in [0.1, 0.15) is 11.5 Å². The van der Waals surface area contributed by atoms with E-state index in [1.807, 2.05) is 66.7 Å². The first-order valence-electron chi connectivity index (χ1n) is 10.5. The molecule has 0 spiro atoms. The standard InChI is InChI=1S/C26H25N3O4/c1-32-19-11-8-17(9-12-19)10-14-21-24-22(29-28-21)15-13-20(25(24)33-2)26(31)27-23(16-30)18-6-4-3-5-7-18/h3-15,23,30H,16H2,1-2H3,(H,27,31)(H,28,29)/b14-10+/t23-/m1/s1. The largest absolute Gasteiger partial charge is 0.497 e. The highest BCUT2D eigenvalue weighted by Gasteiger charge is 2.21. The van der Waals surface area contributed by atoms with Gasteiger partial charge >= 0.3 is 0 Å². The fourth-order valence-electron chi connectivity index (χ4n) is 3.66. The normalized spacial score (nSPS) is 12.1. The summed E-state index contributed by atoms with van der Waals surface area (Å²) in [4.78, 5) is 13.1. The molecule has 1 aromatic heterocycles. The summed E-state index contributed by atoms with van der Waals surface area (Å²) in [5.74, 6) is 0.856. The number of benzene rings is 3. The Bertz CT molecular complexity index is 1260. The van der Waals surface area contributed by atoms with Crippen LogP contribution in [0.1, 0.15) is 33.2 Å². The molecular formula is C26H25N3O4. The number of fused-ring (bicyclic) bond motifs is 1. The molecule has 3 N–H and O–H groups in total. The predicted molar refractivity (Wildman–Crippen MR) is 128 cm³/mol. The SMILES string of the molecule is COc1ccc(/C=C/c2[nH]nc3ccc(C(=O)N[C@H](CO)c4ccccc4)c(OC)c23)cc1. The van der Waals surface area contributed by atoms with Crippen molar-refractivity contribution in [2.75, 3.05) is 20.8 Å². The van der Waals surface area contributed by atoms with Gasteiger partial charge in [-0.3, -0.25) is 9.89 Å². The van der Waals surface area contributed by atoms with Crippen molar-refractivity contribution in [2.45, 2.75) is 6.04 Å². The van der Waals surface area contributed by atoms with Crippen LogP contribution in [0.4, 0.5) is 0 Å². The van der Waals surface area contributed by atoms with Crippen molar-refractivity contribution in [1.29, 1.82) is 0 Å². The molecule has 168 valence electrons. The minimum Gasteiger partial charge on any atom is -0.497 e. The van der Waals surface area contributed by atoms with Crippen LogP contribution in [-0.4, -0.2) is 42.0 Å². The summed E-state index contributed by atoms with van der Waals surface area (Å²) in [6.07, 6.45) is 3.83. The molecule has 1 amide bonds. The maximum Gasteiger partial charge on any atom is 0.255 e. The van der Waals surface area contributed by atoms with Crippen LogP contribution in [0, 0.1) is 0 Å². The molecule has 0 saturated heterocycles. The van der Waals surface area contributed by atoms with E-state index in [0.717, 1.165) is 16.9 Å². The Morgan fingerprint density at radius 2 is 1.79 bits per heavy atom. The number of aliphatic hydroxyl groups excluding tert-OH is 1. The molecule has 0 unspecified atom stereocenters. The maximum atomic E-state index is 13.1. The van der Waals surface area contributed by atoms with Crippen LogP contribution in [0.25, 0.3) is 23.1 Å². The molecule has 0 saturated carbocycles. The van der Waals surface area contributed by atoms with Crippen molar-refractivity contribution >= 4 is 29.0 Å². The van der Waals surface area contributed by atoms with Gasteiger partial charge in [-0.15, -0.1) is 0 Å². The second-order valence-electron chi connectivity index (χ2n) is 7.40. The molecule has 0 aliphatic rings. The van der Waals surface area contributed by atoms with Gasteiger partial charge in [0, 0.05) is 0 Å². The lowest BCUT2D eigenvalue weighted by molar-refractivity contribution is 0.0913. The lowest BCUT2D eigenvalue weighted by atomic mass is 10.0. The second kappa shape index (κ2) is 10.0. The molecule has 33 heavy (non-hydrogen) atoms. The Hall–Kier alpha value is -4.10. The van der Waals surface area contributed by atoms with E-state index in [4.69, 9.17) is 9.47 Å². The number of aromatic amines is 1. The summed E-state index contributed by atoms with van der Waals surface area (Å²) in [7, 11) is 3.15. The van der Waals surface area contributed by atoms with Gasteiger partial charge in [-0.25, -0.2) is 0 Å². The van der Waals surface area contributed by atoms with Crippen molar-refractivity contribution in [3.63, 3.8) is 0 Å². The molecule has 0 fully saturated rings. The van der Waals surface area contributed by atoms with Gasteiger partial charge in [0.25, 0.3) is 5.91 Å². The molecule has 3 aromatic carbocycles. The number of nitrogens with zero attached hydrogens (tertiary/aromatic N) is 1. The number of carbonyl (C=O) groups excluding carboxylic acids is 1. The first kappa shape index (κ1) is 22.1. The first-order valence-corrected chi connectivity index (χ1v) is 10.5. The zero-order chi connectivity index (χ0) is 23.2. The summed E-state index contributed by atoms with van der Waals surface area (Å²) in [6, 6.07) is 19.9. The van der Waals surface area contributed by atoms with E-state index < -0.39 is 6.04 Å². The van der Waals surface area contributed by atoms with E-state index in [1.165, 1.54) is 7.11 Å². The Morgan fingerprint density at radius 1 is 1.03 bits per heavy atom. The van der Waals surface area contributed by atoms with Crippen molar-refractivity contribution < 1.29 is 19.4 Å². The van der Waals surface area contributed by atoms with E-state index in [1.54, 1.807) is 19.2 Å². The maximum absolute atomic E-state index is 13.1. The summed E-state index contributed by atoms with van der Waals surface area (Å²) in [5, 5.41) is 20.8. The number of ether oxygens (including phenoxy) is 2. The summed E-state index contributed by atoms with van der Waals surface area (Å²) in [6.45, 7) is -0.220. The minimum absolute atomic E-state index is 0.220. The van der Waals surface area contributed by atoms with Crippen LogP contribution in [-0.2, 0) is 0 Å². The molecule has 0 radical (unpaired) electrons. The topological polar surface area (TPSA) is 96.5 Å². The Labute approximate surface area is 191 Å². The molecular weight excluding hydrogens is 418 g/mol. The lowest BCUT2D eigenvalue weighted by Crippen LogP contribution is -2.31. The zero-order valence-corrected chi connectivity index (χ0v) is 18.4. The molecule has 1 heterocycles. The van der Waals surface area contributed by atoms with Crippen LogP contribution in [0.2, 0.25) is 0 Å². The van der Waals surface area contributed by atoms with Crippen molar-refractivity contribution in [2.24, 2.45) is 0 Å². The van der Waals surface area contributed by atoms with Gasteiger partial charge in [0.05, 0.1) is 49.0 Å². The number of amides is 1. The van der Waals surface area contributed by atoms with E-state index >= 15 is 0 Å². The smallest absolute Gasteiger partial charge is 0.255 e. The third-order valence-corrected chi connectivity index (χ3v) is 5.40. The number of H-pyrrole nitrogens is 1. The number of rotatable bonds is 8. The molecule has 7 heteroatoms. The third-order valence-electron chi connectivity index (χ3n) is 5.40. The van der Waals surface area contributed by atoms with Gasteiger partial charge in [-0.1, -0.05) is 48.5 Å². The summed E-state index contributed by atoms with van der Waals surface area (Å²) in [5.41, 5.74) is 3.56. The molecule has 4 rings (SSSR count).